The second kappa shape index (κ2) is 6.52. The molecule has 1 N–H and O–H groups in total. The number of carbonyl (C=O) groups excluding carboxylic acids is 2. The van der Waals surface area contributed by atoms with Crippen LogP contribution in [0.25, 0.3) is 0 Å². The minimum Gasteiger partial charge on any atom is -0.323 e. The summed E-state index contributed by atoms with van der Waals surface area (Å²) in [5.74, 6) is -0.503. The molecule has 0 aliphatic carbocycles. The molecule has 1 fully saturated rings. The Morgan fingerprint density at radius 3 is 2.58 bits per heavy atom. The SMILES string of the molecule is CCS(=O)(=O)N1CCC(C(=O)N2CC(=O)Nc3ccccc32)CC1. The van der Waals surface area contributed by atoms with E-state index in [0.29, 0.717) is 37.3 Å². The minimum absolute atomic E-state index is 0.00329. The molecule has 0 atom stereocenters. The van der Waals surface area contributed by atoms with Crippen molar-refractivity contribution in [2.24, 2.45) is 5.92 Å². The lowest BCUT2D eigenvalue weighted by Crippen LogP contribution is -2.48. The molecule has 2 amide bonds. The van der Waals surface area contributed by atoms with E-state index in [1.54, 1.807) is 19.1 Å². The van der Waals surface area contributed by atoms with E-state index >= 15 is 0 Å². The van der Waals surface area contributed by atoms with E-state index in [2.05, 4.69) is 5.32 Å². The Hall–Kier alpha value is -1.93. The Bertz CT molecular complexity index is 754. The number of nitrogens with one attached hydrogen (secondary N) is 1. The fourth-order valence-electron chi connectivity index (χ4n) is 3.21. The van der Waals surface area contributed by atoms with Crippen LogP contribution in [0.2, 0.25) is 0 Å². The summed E-state index contributed by atoms with van der Waals surface area (Å²) < 4.78 is 25.3. The van der Waals surface area contributed by atoms with Gasteiger partial charge in [-0.3, -0.25) is 9.59 Å². The Balaban J connectivity index is 1.74. The molecule has 1 saturated heterocycles. The predicted octanol–water partition coefficient (Wildman–Crippen LogP) is 1.03. The number of anilines is 2. The average molecular weight is 351 g/mol. The van der Waals surface area contributed by atoms with Crippen molar-refractivity contribution in [2.45, 2.75) is 19.8 Å². The molecule has 24 heavy (non-hydrogen) atoms. The number of carbonyl (C=O) groups is 2. The number of fused-ring (bicyclic) bond motifs is 1. The Morgan fingerprint density at radius 1 is 1.25 bits per heavy atom. The van der Waals surface area contributed by atoms with Crippen molar-refractivity contribution in [3.05, 3.63) is 24.3 Å². The predicted molar refractivity (Wildman–Crippen MR) is 91.2 cm³/mol. The number of sulfonamides is 1. The molecular weight excluding hydrogens is 330 g/mol. The first-order valence-corrected chi connectivity index (χ1v) is 9.71. The summed E-state index contributed by atoms with van der Waals surface area (Å²) in [6.45, 7) is 2.34. The van der Waals surface area contributed by atoms with E-state index in [4.69, 9.17) is 0 Å². The maximum absolute atomic E-state index is 12.9. The van der Waals surface area contributed by atoms with Gasteiger partial charge in [-0.05, 0) is 31.9 Å². The van der Waals surface area contributed by atoms with Crippen LogP contribution in [0.1, 0.15) is 19.8 Å². The van der Waals surface area contributed by atoms with Gasteiger partial charge >= 0.3 is 0 Å². The smallest absolute Gasteiger partial charge is 0.244 e. The van der Waals surface area contributed by atoms with E-state index in [-0.39, 0.29) is 30.0 Å². The quantitative estimate of drug-likeness (QED) is 0.881. The lowest BCUT2D eigenvalue weighted by Gasteiger charge is -2.35. The van der Waals surface area contributed by atoms with Crippen LogP contribution in [-0.2, 0) is 19.6 Å². The number of benzene rings is 1. The van der Waals surface area contributed by atoms with E-state index < -0.39 is 10.0 Å². The molecule has 1 aromatic carbocycles. The summed E-state index contributed by atoms with van der Waals surface area (Å²) in [5.41, 5.74) is 1.33. The highest BCUT2D eigenvalue weighted by molar-refractivity contribution is 7.89. The molecule has 0 aromatic heterocycles. The van der Waals surface area contributed by atoms with Crippen molar-refractivity contribution < 1.29 is 18.0 Å². The molecule has 0 spiro atoms. The second-order valence-corrected chi connectivity index (χ2v) is 8.32. The highest BCUT2D eigenvalue weighted by Gasteiger charge is 2.35. The largest absolute Gasteiger partial charge is 0.323 e. The third-order valence-electron chi connectivity index (χ3n) is 4.60. The Kier molecular flexibility index (Phi) is 4.60. The van der Waals surface area contributed by atoms with Crippen LogP contribution in [0.3, 0.4) is 0 Å². The van der Waals surface area contributed by atoms with Gasteiger partial charge in [-0.25, -0.2) is 12.7 Å². The first-order chi connectivity index (χ1) is 11.4. The molecule has 7 nitrogen and oxygen atoms in total. The van der Waals surface area contributed by atoms with Gasteiger partial charge in [-0.15, -0.1) is 0 Å². The average Bonchev–Trinajstić information content (AvgIpc) is 2.60. The normalized spacial score (nSPS) is 19.7. The van der Waals surface area contributed by atoms with E-state index in [1.165, 1.54) is 9.21 Å². The zero-order chi connectivity index (χ0) is 17.3. The third kappa shape index (κ3) is 3.16. The van der Waals surface area contributed by atoms with Crippen LogP contribution in [0, 0.1) is 5.92 Å². The summed E-state index contributed by atoms with van der Waals surface area (Å²) >= 11 is 0. The highest BCUT2D eigenvalue weighted by atomic mass is 32.2. The zero-order valence-corrected chi connectivity index (χ0v) is 14.4. The first-order valence-electron chi connectivity index (χ1n) is 8.10. The van der Waals surface area contributed by atoms with E-state index in [9.17, 15) is 18.0 Å². The number of piperidine rings is 1. The van der Waals surface area contributed by atoms with Gasteiger partial charge in [0, 0.05) is 19.0 Å². The summed E-state index contributed by atoms with van der Waals surface area (Å²) in [6, 6.07) is 7.21. The molecular formula is C16H21N3O4S. The molecule has 2 aliphatic heterocycles. The van der Waals surface area contributed by atoms with Crippen LogP contribution >= 0.6 is 0 Å². The lowest BCUT2D eigenvalue weighted by molar-refractivity contribution is -0.125. The summed E-state index contributed by atoms with van der Waals surface area (Å²) in [4.78, 5) is 26.2. The van der Waals surface area contributed by atoms with Gasteiger partial charge in [0.15, 0.2) is 0 Å². The fraction of sp³-hybridized carbons (Fsp3) is 0.500. The molecule has 2 heterocycles. The van der Waals surface area contributed by atoms with Crippen molar-refractivity contribution >= 4 is 33.2 Å². The topological polar surface area (TPSA) is 86.8 Å². The number of hydrogen-bond donors (Lipinski definition) is 1. The van der Waals surface area contributed by atoms with Crippen LogP contribution in [-0.4, -0.2) is 49.9 Å². The number of amides is 2. The monoisotopic (exact) mass is 351 g/mol. The third-order valence-corrected chi connectivity index (χ3v) is 6.48. The number of nitrogens with zero attached hydrogens (tertiary/aromatic N) is 2. The van der Waals surface area contributed by atoms with E-state index in [1.807, 2.05) is 12.1 Å². The molecule has 0 radical (unpaired) electrons. The van der Waals surface area contributed by atoms with Gasteiger partial charge < -0.3 is 10.2 Å². The molecule has 3 rings (SSSR count). The standard InChI is InChI=1S/C16H21N3O4S/c1-2-24(22,23)18-9-7-12(8-10-18)16(21)19-11-15(20)17-13-5-3-4-6-14(13)19/h3-6,12H,2,7-11H2,1H3,(H,17,20). The Labute approximate surface area is 141 Å². The van der Waals surface area contributed by atoms with Crippen LogP contribution in [0.4, 0.5) is 11.4 Å². The van der Waals surface area contributed by atoms with Crippen molar-refractivity contribution in [3.8, 4) is 0 Å². The van der Waals surface area contributed by atoms with Crippen molar-refractivity contribution in [1.82, 2.24) is 4.31 Å². The lowest BCUT2D eigenvalue weighted by atomic mass is 9.95. The number of para-hydroxylation sites is 2. The minimum atomic E-state index is -3.21. The van der Waals surface area contributed by atoms with Crippen LogP contribution in [0.5, 0.6) is 0 Å². The van der Waals surface area contributed by atoms with Crippen molar-refractivity contribution in [3.63, 3.8) is 0 Å². The highest BCUT2D eigenvalue weighted by Crippen LogP contribution is 2.32. The second-order valence-electron chi connectivity index (χ2n) is 6.06. The summed E-state index contributed by atoms with van der Waals surface area (Å²) in [7, 11) is -3.21. The van der Waals surface area contributed by atoms with Crippen LogP contribution < -0.4 is 10.2 Å². The van der Waals surface area contributed by atoms with Gasteiger partial charge in [0.25, 0.3) is 0 Å². The molecule has 2 aliphatic rings. The van der Waals surface area contributed by atoms with Gasteiger partial charge in [0.2, 0.25) is 21.8 Å². The van der Waals surface area contributed by atoms with Gasteiger partial charge in [-0.1, -0.05) is 12.1 Å². The van der Waals surface area contributed by atoms with Gasteiger partial charge in [0.1, 0.15) is 6.54 Å². The molecule has 130 valence electrons. The maximum Gasteiger partial charge on any atom is 0.244 e. The Morgan fingerprint density at radius 2 is 1.92 bits per heavy atom. The van der Waals surface area contributed by atoms with Crippen LogP contribution in [0.15, 0.2) is 24.3 Å². The number of rotatable bonds is 3. The maximum atomic E-state index is 12.9. The van der Waals surface area contributed by atoms with E-state index in [0.717, 1.165) is 0 Å². The molecule has 1 aromatic rings. The molecule has 0 unspecified atom stereocenters. The summed E-state index contributed by atoms with van der Waals surface area (Å²) in [6.07, 6.45) is 0.969. The van der Waals surface area contributed by atoms with Crippen molar-refractivity contribution in [1.29, 1.82) is 0 Å². The van der Waals surface area contributed by atoms with Gasteiger partial charge in [0.05, 0.1) is 17.1 Å². The molecule has 0 saturated carbocycles. The first kappa shape index (κ1) is 16.9. The number of hydrogen-bond acceptors (Lipinski definition) is 4. The molecule has 0 bridgehead atoms. The molecule has 8 heteroatoms. The fourth-order valence-corrected chi connectivity index (χ4v) is 4.35. The van der Waals surface area contributed by atoms with Gasteiger partial charge in [-0.2, -0.15) is 0 Å². The van der Waals surface area contributed by atoms with Crippen molar-refractivity contribution in [2.75, 3.05) is 35.6 Å². The summed E-state index contributed by atoms with van der Waals surface area (Å²) in [5, 5.41) is 2.76. The zero-order valence-electron chi connectivity index (χ0n) is 13.6.